The molecule has 1 rings (SSSR count). The summed E-state index contributed by atoms with van der Waals surface area (Å²) in [6.45, 7) is 0.266. The average molecular weight is 217 g/mol. The van der Waals surface area contributed by atoms with E-state index in [9.17, 15) is 0 Å². The molecule has 0 amide bonds. The highest BCUT2D eigenvalue weighted by Crippen LogP contribution is 2.28. The van der Waals surface area contributed by atoms with E-state index in [2.05, 4.69) is 17.1 Å². The van der Waals surface area contributed by atoms with E-state index in [0.717, 1.165) is 11.7 Å². The van der Waals surface area contributed by atoms with E-state index in [4.69, 9.17) is 5.11 Å². The van der Waals surface area contributed by atoms with Crippen LogP contribution < -0.4 is 5.32 Å². The molecule has 0 aromatic heterocycles. The predicted molar refractivity (Wildman–Crippen MR) is 63.9 cm³/mol. The van der Waals surface area contributed by atoms with Gasteiger partial charge in [0, 0.05) is 11.3 Å². The molecule has 1 saturated carbocycles. The molecule has 0 aliphatic heterocycles. The van der Waals surface area contributed by atoms with Crippen LogP contribution in [0.3, 0.4) is 0 Å². The van der Waals surface area contributed by atoms with Gasteiger partial charge in [-0.25, -0.2) is 0 Å². The lowest BCUT2D eigenvalue weighted by molar-refractivity contribution is 0.246. The van der Waals surface area contributed by atoms with Crippen LogP contribution in [0.1, 0.15) is 38.5 Å². The average Bonchev–Trinajstić information content (AvgIpc) is 2.26. The Balaban J connectivity index is 2.01. The molecular weight excluding hydrogens is 194 g/mol. The second kappa shape index (κ2) is 7.55. The van der Waals surface area contributed by atoms with E-state index in [-0.39, 0.29) is 6.61 Å². The van der Waals surface area contributed by atoms with E-state index in [1.807, 2.05) is 7.05 Å². The lowest BCUT2D eigenvalue weighted by Gasteiger charge is -2.21. The molecule has 0 spiro atoms. The van der Waals surface area contributed by atoms with Crippen LogP contribution in [0, 0.1) is 0 Å². The highest BCUT2D eigenvalue weighted by atomic mass is 32.2. The lowest BCUT2D eigenvalue weighted by Crippen LogP contribution is -2.29. The van der Waals surface area contributed by atoms with Crippen LogP contribution in [0.5, 0.6) is 0 Å². The molecule has 2 N–H and O–H groups in total. The van der Waals surface area contributed by atoms with Crippen molar-refractivity contribution >= 4 is 11.8 Å². The first-order valence-electron chi connectivity index (χ1n) is 5.76. The molecule has 84 valence electrons. The van der Waals surface area contributed by atoms with Crippen molar-refractivity contribution in [2.24, 2.45) is 0 Å². The Morgan fingerprint density at radius 2 is 2.07 bits per heavy atom. The van der Waals surface area contributed by atoms with Crippen molar-refractivity contribution in [3.8, 4) is 0 Å². The summed E-state index contributed by atoms with van der Waals surface area (Å²) in [5.74, 6) is 1.19. The van der Waals surface area contributed by atoms with Gasteiger partial charge in [0.1, 0.15) is 0 Å². The zero-order valence-corrected chi connectivity index (χ0v) is 9.98. The molecular formula is C11H23NOS. The number of thioether (sulfide) groups is 1. The predicted octanol–water partition coefficient (Wildman–Crippen LogP) is 2.02. The highest BCUT2D eigenvalue weighted by molar-refractivity contribution is 7.99. The van der Waals surface area contributed by atoms with Gasteiger partial charge in [0.05, 0.1) is 6.61 Å². The van der Waals surface area contributed by atoms with Gasteiger partial charge in [0.25, 0.3) is 0 Å². The Kier molecular flexibility index (Phi) is 6.65. The smallest absolute Gasteiger partial charge is 0.0584 e. The van der Waals surface area contributed by atoms with Gasteiger partial charge in [0.15, 0.2) is 0 Å². The summed E-state index contributed by atoms with van der Waals surface area (Å²) in [4.78, 5) is 0. The monoisotopic (exact) mass is 217 g/mol. The molecule has 0 bridgehead atoms. The maximum atomic E-state index is 8.99. The standard InChI is InChI=1S/C11H23NOS/c1-12-10(9-13)7-8-14-11-5-3-2-4-6-11/h10-13H,2-9H2,1H3. The van der Waals surface area contributed by atoms with Gasteiger partial charge >= 0.3 is 0 Å². The van der Waals surface area contributed by atoms with Gasteiger partial charge in [-0.15, -0.1) is 0 Å². The van der Waals surface area contributed by atoms with E-state index >= 15 is 0 Å². The minimum atomic E-state index is 0.266. The van der Waals surface area contributed by atoms with Gasteiger partial charge in [-0.1, -0.05) is 19.3 Å². The summed E-state index contributed by atoms with van der Waals surface area (Å²) in [6.07, 6.45) is 8.20. The first-order chi connectivity index (χ1) is 6.86. The molecule has 3 heteroatoms. The van der Waals surface area contributed by atoms with Crippen molar-refractivity contribution in [2.75, 3.05) is 19.4 Å². The second-order valence-electron chi connectivity index (χ2n) is 4.09. The molecule has 1 aliphatic carbocycles. The Morgan fingerprint density at radius 3 is 2.64 bits per heavy atom. The van der Waals surface area contributed by atoms with Gasteiger partial charge in [-0.3, -0.25) is 0 Å². The fourth-order valence-electron chi connectivity index (χ4n) is 1.94. The molecule has 1 atom stereocenters. The summed E-state index contributed by atoms with van der Waals surface area (Å²) in [5, 5.41) is 13.0. The SMILES string of the molecule is CNC(CO)CCSC1CCCCC1. The zero-order chi connectivity index (χ0) is 10.2. The number of likely N-dealkylation sites (N-methyl/N-ethyl adjacent to an activating group) is 1. The summed E-state index contributed by atoms with van der Waals surface area (Å²) < 4.78 is 0. The summed E-state index contributed by atoms with van der Waals surface area (Å²) >= 11 is 2.11. The van der Waals surface area contributed by atoms with Gasteiger partial charge < -0.3 is 10.4 Å². The number of rotatable bonds is 6. The highest BCUT2D eigenvalue weighted by Gasteiger charge is 2.14. The Labute approximate surface area is 91.9 Å². The lowest BCUT2D eigenvalue weighted by atomic mass is 10.0. The van der Waals surface area contributed by atoms with Crippen LogP contribution >= 0.6 is 11.8 Å². The van der Waals surface area contributed by atoms with E-state index in [1.165, 1.54) is 37.9 Å². The van der Waals surface area contributed by atoms with E-state index in [0.29, 0.717) is 6.04 Å². The number of aliphatic hydroxyl groups is 1. The van der Waals surface area contributed by atoms with Crippen LogP contribution in [-0.2, 0) is 0 Å². The number of nitrogens with one attached hydrogen (secondary N) is 1. The molecule has 0 saturated heterocycles. The Bertz CT molecular complexity index is 133. The molecule has 1 unspecified atom stereocenters. The number of hydrogen-bond acceptors (Lipinski definition) is 3. The topological polar surface area (TPSA) is 32.3 Å². The molecule has 2 nitrogen and oxygen atoms in total. The van der Waals surface area contributed by atoms with Crippen molar-refractivity contribution < 1.29 is 5.11 Å². The normalized spacial score (nSPS) is 21.0. The minimum Gasteiger partial charge on any atom is -0.395 e. The summed E-state index contributed by atoms with van der Waals surface area (Å²) in [7, 11) is 1.92. The quantitative estimate of drug-likeness (QED) is 0.714. The molecule has 14 heavy (non-hydrogen) atoms. The third-order valence-corrected chi connectivity index (χ3v) is 4.41. The molecule has 0 heterocycles. The van der Waals surface area contributed by atoms with Gasteiger partial charge in [0.2, 0.25) is 0 Å². The molecule has 0 radical (unpaired) electrons. The first-order valence-corrected chi connectivity index (χ1v) is 6.81. The van der Waals surface area contributed by atoms with Crippen LogP contribution in [0.15, 0.2) is 0 Å². The zero-order valence-electron chi connectivity index (χ0n) is 9.17. The van der Waals surface area contributed by atoms with Crippen LogP contribution in [0.2, 0.25) is 0 Å². The molecule has 1 fully saturated rings. The number of hydrogen-bond donors (Lipinski definition) is 2. The van der Waals surface area contributed by atoms with Crippen molar-refractivity contribution in [3.63, 3.8) is 0 Å². The fourth-order valence-corrected chi connectivity index (χ4v) is 3.36. The van der Waals surface area contributed by atoms with Crippen LogP contribution in [0.4, 0.5) is 0 Å². The largest absolute Gasteiger partial charge is 0.395 e. The summed E-state index contributed by atoms with van der Waals surface area (Å²) in [6, 6.07) is 0.297. The molecule has 1 aliphatic rings. The third-order valence-electron chi connectivity index (χ3n) is 3.00. The van der Waals surface area contributed by atoms with E-state index in [1.54, 1.807) is 0 Å². The third kappa shape index (κ3) is 4.67. The van der Waals surface area contributed by atoms with Crippen molar-refractivity contribution in [2.45, 2.75) is 49.8 Å². The van der Waals surface area contributed by atoms with E-state index < -0.39 is 0 Å². The maximum absolute atomic E-state index is 8.99. The maximum Gasteiger partial charge on any atom is 0.0584 e. The second-order valence-corrected chi connectivity index (χ2v) is 5.50. The van der Waals surface area contributed by atoms with Crippen molar-refractivity contribution in [1.29, 1.82) is 0 Å². The first kappa shape index (κ1) is 12.3. The van der Waals surface area contributed by atoms with Crippen molar-refractivity contribution in [3.05, 3.63) is 0 Å². The fraction of sp³-hybridized carbons (Fsp3) is 1.00. The Morgan fingerprint density at radius 1 is 1.36 bits per heavy atom. The summed E-state index contributed by atoms with van der Waals surface area (Å²) in [5.41, 5.74) is 0. The van der Waals surface area contributed by atoms with Gasteiger partial charge in [-0.2, -0.15) is 11.8 Å². The molecule has 0 aromatic carbocycles. The van der Waals surface area contributed by atoms with Crippen LogP contribution in [-0.4, -0.2) is 35.8 Å². The van der Waals surface area contributed by atoms with Crippen LogP contribution in [0.25, 0.3) is 0 Å². The van der Waals surface area contributed by atoms with Gasteiger partial charge in [-0.05, 0) is 32.1 Å². The Hall–Kier alpha value is 0.270. The molecule has 0 aromatic rings. The van der Waals surface area contributed by atoms with Crippen molar-refractivity contribution in [1.82, 2.24) is 5.32 Å². The number of aliphatic hydroxyl groups excluding tert-OH is 1. The minimum absolute atomic E-state index is 0.266.